The number of hydrogen-bond acceptors (Lipinski definition) is 5. The van der Waals surface area contributed by atoms with E-state index in [4.69, 9.17) is 16.3 Å². The standard InChI is InChI=1S/C23H27ClN2O4S2/c24-20-10-5-4-7-17(20)16-26-21-12-11-19(15-22(21)31-23(26)27)32(28,29)25-13-6-14-30-18-8-2-1-3-9-18/h4-5,7,10-12,15,18,25H,1-3,6,8-9,13-14,16H2. The van der Waals surface area contributed by atoms with Gasteiger partial charge in [-0.25, -0.2) is 13.1 Å². The van der Waals surface area contributed by atoms with Gasteiger partial charge < -0.3 is 4.74 Å². The zero-order valence-corrected chi connectivity index (χ0v) is 20.1. The summed E-state index contributed by atoms with van der Waals surface area (Å²) in [7, 11) is -3.66. The fourth-order valence-electron chi connectivity index (χ4n) is 4.00. The van der Waals surface area contributed by atoms with Gasteiger partial charge in [0.25, 0.3) is 0 Å². The first kappa shape index (κ1) is 23.4. The first-order chi connectivity index (χ1) is 15.4. The van der Waals surface area contributed by atoms with Crippen LogP contribution in [-0.2, 0) is 21.3 Å². The highest BCUT2D eigenvalue weighted by atomic mass is 35.5. The van der Waals surface area contributed by atoms with E-state index < -0.39 is 10.0 Å². The molecule has 0 aliphatic heterocycles. The average Bonchev–Trinajstić information content (AvgIpc) is 3.10. The van der Waals surface area contributed by atoms with Gasteiger partial charge in [0.05, 0.1) is 27.8 Å². The SMILES string of the molecule is O=c1sc2cc(S(=O)(=O)NCCCOC3CCCCC3)ccc2n1Cc1ccccc1Cl. The van der Waals surface area contributed by atoms with Crippen LogP contribution in [0.2, 0.25) is 5.02 Å². The molecule has 172 valence electrons. The lowest BCUT2D eigenvalue weighted by Gasteiger charge is -2.21. The van der Waals surface area contributed by atoms with Crippen molar-refractivity contribution in [1.29, 1.82) is 0 Å². The molecule has 1 fully saturated rings. The van der Waals surface area contributed by atoms with E-state index in [1.165, 1.54) is 19.3 Å². The van der Waals surface area contributed by atoms with Gasteiger partial charge in [0.1, 0.15) is 0 Å². The number of aromatic nitrogens is 1. The van der Waals surface area contributed by atoms with Gasteiger partial charge in [-0.2, -0.15) is 0 Å². The topological polar surface area (TPSA) is 77.4 Å². The molecular formula is C23H27ClN2O4S2. The molecule has 3 aromatic rings. The van der Waals surface area contributed by atoms with Crippen LogP contribution in [0.3, 0.4) is 0 Å². The van der Waals surface area contributed by atoms with E-state index >= 15 is 0 Å². The van der Waals surface area contributed by atoms with E-state index in [0.717, 1.165) is 29.7 Å². The summed E-state index contributed by atoms with van der Waals surface area (Å²) in [5.74, 6) is 0. The van der Waals surface area contributed by atoms with Crippen molar-refractivity contribution in [3.05, 3.63) is 62.7 Å². The number of hydrogen-bond donors (Lipinski definition) is 1. The minimum absolute atomic E-state index is 0.151. The maximum atomic E-state index is 12.7. The summed E-state index contributed by atoms with van der Waals surface area (Å²) in [6, 6.07) is 12.2. The third kappa shape index (κ3) is 5.61. The third-order valence-corrected chi connectivity index (χ3v) is 8.52. The Kier molecular flexibility index (Phi) is 7.68. The number of thiazole rings is 1. The van der Waals surface area contributed by atoms with Crippen molar-refractivity contribution in [2.24, 2.45) is 0 Å². The van der Waals surface area contributed by atoms with Crippen molar-refractivity contribution in [1.82, 2.24) is 9.29 Å². The van der Waals surface area contributed by atoms with Crippen LogP contribution in [0.5, 0.6) is 0 Å². The number of fused-ring (bicyclic) bond motifs is 1. The second-order valence-electron chi connectivity index (χ2n) is 8.06. The molecule has 2 aromatic carbocycles. The number of halogens is 1. The number of rotatable bonds is 9. The summed E-state index contributed by atoms with van der Waals surface area (Å²) in [5.41, 5.74) is 1.53. The van der Waals surface area contributed by atoms with E-state index in [9.17, 15) is 13.2 Å². The van der Waals surface area contributed by atoms with Crippen molar-refractivity contribution in [3.63, 3.8) is 0 Å². The van der Waals surface area contributed by atoms with E-state index in [-0.39, 0.29) is 9.77 Å². The first-order valence-electron chi connectivity index (χ1n) is 10.9. The van der Waals surface area contributed by atoms with Gasteiger partial charge in [-0.1, -0.05) is 60.4 Å². The Balaban J connectivity index is 1.40. The fraction of sp³-hybridized carbons (Fsp3) is 0.435. The Labute approximate surface area is 197 Å². The molecular weight excluding hydrogens is 468 g/mol. The predicted molar refractivity (Wildman–Crippen MR) is 129 cm³/mol. The highest BCUT2D eigenvalue weighted by molar-refractivity contribution is 7.89. The molecule has 1 heterocycles. The van der Waals surface area contributed by atoms with Gasteiger partial charge in [0, 0.05) is 18.2 Å². The summed E-state index contributed by atoms with van der Waals surface area (Å²) in [4.78, 5) is 12.6. The predicted octanol–water partition coefficient (Wildman–Crippen LogP) is 4.78. The molecule has 9 heteroatoms. The molecule has 32 heavy (non-hydrogen) atoms. The number of nitrogens with one attached hydrogen (secondary N) is 1. The van der Waals surface area contributed by atoms with Crippen LogP contribution in [0, 0.1) is 0 Å². The van der Waals surface area contributed by atoms with Crippen molar-refractivity contribution in [2.75, 3.05) is 13.2 Å². The molecule has 0 atom stereocenters. The molecule has 1 N–H and O–H groups in total. The zero-order valence-electron chi connectivity index (χ0n) is 17.8. The van der Waals surface area contributed by atoms with Crippen LogP contribution in [0.1, 0.15) is 44.1 Å². The smallest absolute Gasteiger partial charge is 0.308 e. The molecule has 0 radical (unpaired) electrons. The van der Waals surface area contributed by atoms with Crippen molar-refractivity contribution >= 4 is 43.2 Å². The Morgan fingerprint density at radius 2 is 1.91 bits per heavy atom. The molecule has 0 amide bonds. The number of ether oxygens (including phenoxy) is 1. The quantitative estimate of drug-likeness (QED) is 0.434. The normalized spacial score (nSPS) is 15.4. The average molecular weight is 495 g/mol. The Morgan fingerprint density at radius 1 is 1.12 bits per heavy atom. The Bertz CT molecular complexity index is 1230. The van der Waals surface area contributed by atoms with Crippen molar-refractivity contribution in [2.45, 2.75) is 56.1 Å². The summed E-state index contributed by atoms with van der Waals surface area (Å²) < 4.78 is 36.2. The molecule has 0 bridgehead atoms. The summed E-state index contributed by atoms with van der Waals surface area (Å²) >= 11 is 7.27. The molecule has 1 aromatic heterocycles. The lowest BCUT2D eigenvalue weighted by molar-refractivity contribution is 0.0278. The number of sulfonamides is 1. The number of benzene rings is 2. The van der Waals surface area contributed by atoms with Crippen LogP contribution in [0.4, 0.5) is 0 Å². The lowest BCUT2D eigenvalue weighted by Crippen LogP contribution is -2.26. The minimum atomic E-state index is -3.66. The van der Waals surface area contributed by atoms with Crippen LogP contribution in [-0.4, -0.2) is 32.2 Å². The second-order valence-corrected chi connectivity index (χ2v) is 11.2. The van der Waals surface area contributed by atoms with Crippen LogP contribution >= 0.6 is 22.9 Å². The molecule has 0 saturated heterocycles. The monoisotopic (exact) mass is 494 g/mol. The van der Waals surface area contributed by atoms with Crippen LogP contribution < -0.4 is 9.60 Å². The molecule has 0 spiro atoms. The highest BCUT2D eigenvalue weighted by Crippen LogP contribution is 2.24. The van der Waals surface area contributed by atoms with E-state index in [1.54, 1.807) is 28.8 Å². The summed E-state index contributed by atoms with van der Waals surface area (Å²) in [6.07, 6.45) is 6.86. The molecule has 1 aliphatic carbocycles. The van der Waals surface area contributed by atoms with E-state index in [1.807, 2.05) is 18.2 Å². The molecule has 1 saturated carbocycles. The molecule has 1 aliphatic rings. The van der Waals surface area contributed by atoms with E-state index in [0.29, 0.717) is 47.5 Å². The minimum Gasteiger partial charge on any atom is -0.378 e. The fourth-order valence-corrected chi connectivity index (χ4v) is 6.30. The maximum absolute atomic E-state index is 12.7. The summed E-state index contributed by atoms with van der Waals surface area (Å²) in [5, 5.41) is 0.592. The van der Waals surface area contributed by atoms with Crippen LogP contribution in [0.15, 0.2) is 52.2 Å². The first-order valence-corrected chi connectivity index (χ1v) is 13.6. The van der Waals surface area contributed by atoms with Gasteiger partial charge in [-0.15, -0.1) is 0 Å². The van der Waals surface area contributed by atoms with E-state index in [2.05, 4.69) is 4.72 Å². The Hall–Kier alpha value is -1.71. The summed E-state index contributed by atoms with van der Waals surface area (Å²) in [6.45, 7) is 1.21. The van der Waals surface area contributed by atoms with Crippen molar-refractivity contribution < 1.29 is 13.2 Å². The molecule has 4 rings (SSSR count). The van der Waals surface area contributed by atoms with Crippen molar-refractivity contribution in [3.8, 4) is 0 Å². The zero-order chi connectivity index (χ0) is 22.6. The Morgan fingerprint density at radius 3 is 2.69 bits per heavy atom. The number of nitrogens with zero attached hydrogens (tertiary/aromatic N) is 1. The van der Waals surface area contributed by atoms with Gasteiger partial charge in [-0.05, 0) is 49.1 Å². The third-order valence-electron chi connectivity index (χ3n) is 5.76. The van der Waals surface area contributed by atoms with Gasteiger partial charge in [-0.3, -0.25) is 9.36 Å². The molecule has 6 nitrogen and oxygen atoms in total. The lowest BCUT2D eigenvalue weighted by atomic mass is 9.98. The van der Waals surface area contributed by atoms with Gasteiger partial charge >= 0.3 is 4.87 Å². The van der Waals surface area contributed by atoms with Gasteiger partial charge in [0.2, 0.25) is 10.0 Å². The largest absolute Gasteiger partial charge is 0.378 e. The highest BCUT2D eigenvalue weighted by Gasteiger charge is 2.18. The van der Waals surface area contributed by atoms with Crippen LogP contribution in [0.25, 0.3) is 10.2 Å². The maximum Gasteiger partial charge on any atom is 0.308 e. The van der Waals surface area contributed by atoms with Gasteiger partial charge in [0.15, 0.2) is 0 Å². The second kappa shape index (κ2) is 10.5. The molecule has 0 unspecified atom stereocenters.